The highest BCUT2D eigenvalue weighted by Crippen LogP contribution is 2.34. The molecule has 0 aromatic carbocycles. The lowest BCUT2D eigenvalue weighted by atomic mass is 10.3. The summed E-state index contributed by atoms with van der Waals surface area (Å²) >= 11 is 0.00130. The number of thioether (sulfide) groups is 1. The molecule has 5 heteroatoms. The summed E-state index contributed by atoms with van der Waals surface area (Å²) in [6.07, 6.45) is 0.407. The van der Waals surface area contributed by atoms with Crippen molar-refractivity contribution in [2.45, 2.75) is 24.1 Å². The van der Waals surface area contributed by atoms with Crippen LogP contribution in [0, 0.1) is 0 Å². The molecule has 0 spiro atoms. The standard InChI is InChI=1S/C5H10F3NS/c1-4(2-3-9)10-5(6,7)8/h4H,2-3,9H2,1H3. The smallest absolute Gasteiger partial charge is 0.330 e. The maximum Gasteiger partial charge on any atom is 0.442 e. The zero-order valence-corrected chi connectivity index (χ0v) is 6.43. The van der Waals surface area contributed by atoms with Gasteiger partial charge in [0.15, 0.2) is 0 Å². The fourth-order valence-electron chi connectivity index (χ4n) is 0.522. The van der Waals surface area contributed by atoms with Crippen molar-refractivity contribution >= 4 is 11.8 Å². The van der Waals surface area contributed by atoms with Gasteiger partial charge in [0.1, 0.15) is 0 Å². The quantitative estimate of drug-likeness (QED) is 0.706. The van der Waals surface area contributed by atoms with E-state index in [2.05, 4.69) is 0 Å². The zero-order chi connectivity index (χ0) is 8.20. The lowest BCUT2D eigenvalue weighted by Crippen LogP contribution is -2.12. The highest BCUT2D eigenvalue weighted by atomic mass is 32.2. The van der Waals surface area contributed by atoms with Crippen molar-refractivity contribution in [3.63, 3.8) is 0 Å². The summed E-state index contributed by atoms with van der Waals surface area (Å²) in [4.78, 5) is 0. The Bertz CT molecular complexity index is 93.4. The SMILES string of the molecule is CC(CCN)SC(F)(F)F. The molecule has 0 aromatic rings. The van der Waals surface area contributed by atoms with E-state index in [1.807, 2.05) is 0 Å². The summed E-state index contributed by atoms with van der Waals surface area (Å²) in [7, 11) is 0. The Morgan fingerprint density at radius 1 is 1.50 bits per heavy atom. The van der Waals surface area contributed by atoms with Crippen LogP contribution in [-0.2, 0) is 0 Å². The van der Waals surface area contributed by atoms with E-state index in [-0.39, 0.29) is 11.8 Å². The van der Waals surface area contributed by atoms with E-state index in [1.54, 1.807) is 0 Å². The van der Waals surface area contributed by atoms with E-state index in [9.17, 15) is 13.2 Å². The minimum Gasteiger partial charge on any atom is -0.330 e. The molecule has 0 rings (SSSR count). The van der Waals surface area contributed by atoms with Crippen molar-refractivity contribution < 1.29 is 13.2 Å². The number of nitrogens with two attached hydrogens (primary N) is 1. The highest BCUT2D eigenvalue weighted by molar-refractivity contribution is 8.00. The molecule has 0 amide bonds. The molecule has 0 aliphatic rings. The van der Waals surface area contributed by atoms with Gasteiger partial charge in [-0.05, 0) is 24.7 Å². The largest absolute Gasteiger partial charge is 0.442 e. The number of hydrogen-bond donors (Lipinski definition) is 1. The Kier molecular flexibility index (Phi) is 4.12. The molecule has 1 unspecified atom stereocenters. The average Bonchev–Trinajstić information content (AvgIpc) is 1.59. The van der Waals surface area contributed by atoms with Gasteiger partial charge in [-0.3, -0.25) is 0 Å². The van der Waals surface area contributed by atoms with E-state index >= 15 is 0 Å². The molecule has 0 saturated heterocycles. The van der Waals surface area contributed by atoms with Gasteiger partial charge in [0, 0.05) is 5.25 Å². The Morgan fingerprint density at radius 2 is 2.00 bits per heavy atom. The molecule has 2 N–H and O–H groups in total. The molecule has 62 valence electrons. The van der Waals surface area contributed by atoms with Gasteiger partial charge in [-0.15, -0.1) is 0 Å². The van der Waals surface area contributed by atoms with E-state index < -0.39 is 10.8 Å². The van der Waals surface area contributed by atoms with E-state index in [1.165, 1.54) is 6.92 Å². The molecule has 0 radical (unpaired) electrons. The van der Waals surface area contributed by atoms with Crippen molar-refractivity contribution in [3.05, 3.63) is 0 Å². The number of rotatable bonds is 3. The summed E-state index contributed by atoms with van der Waals surface area (Å²) in [5.41, 5.74) is 0.951. The second-order valence-electron chi connectivity index (χ2n) is 1.95. The van der Waals surface area contributed by atoms with Crippen molar-refractivity contribution in [2.75, 3.05) is 6.54 Å². The maximum absolute atomic E-state index is 11.6. The van der Waals surface area contributed by atoms with Gasteiger partial charge in [0.25, 0.3) is 0 Å². The van der Waals surface area contributed by atoms with Crippen LogP contribution in [0.25, 0.3) is 0 Å². The van der Waals surface area contributed by atoms with Gasteiger partial charge in [-0.25, -0.2) is 0 Å². The lowest BCUT2D eigenvalue weighted by molar-refractivity contribution is -0.0333. The summed E-state index contributed by atoms with van der Waals surface area (Å²) < 4.78 is 34.7. The minimum atomic E-state index is -4.12. The van der Waals surface area contributed by atoms with Crippen LogP contribution in [0.3, 0.4) is 0 Å². The topological polar surface area (TPSA) is 26.0 Å². The van der Waals surface area contributed by atoms with Gasteiger partial charge in [0.05, 0.1) is 0 Å². The molecular formula is C5H10F3NS. The van der Waals surface area contributed by atoms with Gasteiger partial charge in [-0.2, -0.15) is 13.2 Å². The molecule has 0 bridgehead atoms. The molecule has 0 heterocycles. The van der Waals surface area contributed by atoms with Crippen LogP contribution in [0.2, 0.25) is 0 Å². The Labute approximate surface area is 62.2 Å². The van der Waals surface area contributed by atoms with Gasteiger partial charge >= 0.3 is 5.51 Å². The predicted molar refractivity (Wildman–Crippen MR) is 36.8 cm³/mol. The Balaban J connectivity index is 3.47. The van der Waals surface area contributed by atoms with Crippen molar-refractivity contribution in [3.8, 4) is 0 Å². The fraction of sp³-hybridized carbons (Fsp3) is 1.00. The molecule has 0 aromatic heterocycles. The zero-order valence-electron chi connectivity index (χ0n) is 5.61. The van der Waals surface area contributed by atoms with Crippen LogP contribution >= 0.6 is 11.8 Å². The van der Waals surface area contributed by atoms with E-state index in [0.717, 1.165) is 0 Å². The normalized spacial score (nSPS) is 15.3. The molecule has 0 fully saturated rings. The van der Waals surface area contributed by atoms with Crippen LogP contribution in [-0.4, -0.2) is 17.3 Å². The highest BCUT2D eigenvalue weighted by Gasteiger charge is 2.30. The third-order valence-electron chi connectivity index (χ3n) is 0.908. The van der Waals surface area contributed by atoms with Crippen molar-refractivity contribution in [1.82, 2.24) is 0 Å². The first kappa shape index (κ1) is 10.1. The summed E-state index contributed by atoms with van der Waals surface area (Å²) in [6.45, 7) is 1.83. The third kappa shape index (κ3) is 6.22. The van der Waals surface area contributed by atoms with E-state index in [4.69, 9.17) is 5.73 Å². The summed E-state index contributed by atoms with van der Waals surface area (Å²) in [6, 6.07) is 0. The molecular weight excluding hydrogens is 163 g/mol. The Hall–Kier alpha value is 0.100. The molecule has 1 nitrogen and oxygen atoms in total. The summed E-state index contributed by atoms with van der Waals surface area (Å²) in [5, 5.41) is -0.426. The number of alkyl halides is 3. The van der Waals surface area contributed by atoms with Crippen LogP contribution in [0.15, 0.2) is 0 Å². The first-order valence-electron chi connectivity index (χ1n) is 2.90. The fourth-order valence-corrected chi connectivity index (χ4v) is 1.23. The maximum atomic E-state index is 11.6. The second-order valence-corrected chi connectivity index (χ2v) is 3.45. The van der Waals surface area contributed by atoms with Crippen LogP contribution in [0.1, 0.15) is 13.3 Å². The first-order valence-corrected chi connectivity index (χ1v) is 3.78. The summed E-state index contributed by atoms with van der Waals surface area (Å²) in [5.74, 6) is 0. The van der Waals surface area contributed by atoms with Crippen LogP contribution in [0.5, 0.6) is 0 Å². The molecule has 0 aliphatic carbocycles. The van der Waals surface area contributed by atoms with E-state index in [0.29, 0.717) is 13.0 Å². The lowest BCUT2D eigenvalue weighted by Gasteiger charge is -2.11. The molecule has 0 saturated carbocycles. The number of halogens is 3. The second kappa shape index (κ2) is 4.08. The van der Waals surface area contributed by atoms with Crippen LogP contribution < -0.4 is 5.73 Å². The van der Waals surface area contributed by atoms with Crippen molar-refractivity contribution in [2.24, 2.45) is 5.73 Å². The minimum absolute atomic E-state index is 0.00130. The molecule has 0 aliphatic heterocycles. The van der Waals surface area contributed by atoms with Gasteiger partial charge < -0.3 is 5.73 Å². The van der Waals surface area contributed by atoms with Gasteiger partial charge in [-0.1, -0.05) is 6.92 Å². The van der Waals surface area contributed by atoms with Crippen molar-refractivity contribution in [1.29, 1.82) is 0 Å². The Morgan fingerprint density at radius 3 is 2.30 bits per heavy atom. The monoisotopic (exact) mass is 173 g/mol. The van der Waals surface area contributed by atoms with Gasteiger partial charge in [0.2, 0.25) is 0 Å². The average molecular weight is 173 g/mol. The third-order valence-corrected chi connectivity index (χ3v) is 1.81. The first-order chi connectivity index (χ1) is 4.45. The predicted octanol–water partition coefficient (Wildman–Crippen LogP) is 1.98. The molecule has 10 heavy (non-hydrogen) atoms. The molecule has 1 atom stereocenters. The number of hydrogen-bond acceptors (Lipinski definition) is 2. The van der Waals surface area contributed by atoms with Crippen LogP contribution in [0.4, 0.5) is 13.2 Å².